The molecule has 0 amide bonds. The lowest BCUT2D eigenvalue weighted by Gasteiger charge is -2.30. The molecule has 1 atom stereocenters. The van der Waals surface area contributed by atoms with Crippen molar-refractivity contribution in [3.63, 3.8) is 0 Å². The summed E-state index contributed by atoms with van der Waals surface area (Å²) in [6.07, 6.45) is 5.00. The van der Waals surface area contributed by atoms with Gasteiger partial charge in [0.25, 0.3) is 0 Å². The van der Waals surface area contributed by atoms with Crippen LogP contribution in [0.5, 0.6) is 0 Å². The van der Waals surface area contributed by atoms with Gasteiger partial charge in [-0.15, -0.1) is 0 Å². The van der Waals surface area contributed by atoms with E-state index in [0.717, 1.165) is 51.9 Å². The first-order valence-electron chi connectivity index (χ1n) is 8.03. The van der Waals surface area contributed by atoms with Crippen LogP contribution < -0.4 is 5.32 Å². The van der Waals surface area contributed by atoms with Crippen molar-refractivity contribution >= 4 is 5.97 Å². The van der Waals surface area contributed by atoms with Crippen LogP contribution in [0.4, 0.5) is 0 Å². The fourth-order valence-corrected chi connectivity index (χ4v) is 2.77. The lowest BCUT2D eigenvalue weighted by atomic mass is 9.94. The van der Waals surface area contributed by atoms with Crippen LogP contribution >= 0.6 is 0 Å². The number of methoxy groups -OCH3 is 1. The molecule has 1 heterocycles. The zero-order chi connectivity index (χ0) is 15.7. The van der Waals surface area contributed by atoms with Crippen LogP contribution in [-0.4, -0.2) is 50.6 Å². The highest BCUT2D eigenvalue weighted by molar-refractivity contribution is 5.80. The second-order valence-corrected chi connectivity index (χ2v) is 6.26. The molecule has 1 saturated heterocycles. The van der Waals surface area contributed by atoms with E-state index in [1.807, 2.05) is 20.8 Å². The average molecular weight is 301 g/mol. The third-order valence-corrected chi connectivity index (χ3v) is 3.84. The van der Waals surface area contributed by atoms with Crippen LogP contribution in [0.2, 0.25) is 0 Å². The first-order chi connectivity index (χ1) is 9.98. The Bertz CT molecular complexity index is 303. The maximum atomic E-state index is 12.0. The minimum absolute atomic E-state index is 0.193. The van der Waals surface area contributed by atoms with Gasteiger partial charge in [-0.3, -0.25) is 10.1 Å². The summed E-state index contributed by atoms with van der Waals surface area (Å²) in [5.74, 6) is -0.193. The number of nitrogens with one attached hydrogen (secondary N) is 1. The molecule has 1 rings (SSSR count). The van der Waals surface area contributed by atoms with Crippen LogP contribution in [0.25, 0.3) is 0 Å². The molecule has 1 N–H and O–H groups in total. The summed E-state index contributed by atoms with van der Waals surface area (Å²) in [5.41, 5.74) is -0.610. The number of rotatable bonds is 9. The highest BCUT2D eigenvalue weighted by atomic mass is 16.5. The van der Waals surface area contributed by atoms with Crippen LogP contribution in [0.15, 0.2) is 0 Å². The van der Waals surface area contributed by atoms with Gasteiger partial charge in [-0.2, -0.15) is 0 Å². The van der Waals surface area contributed by atoms with E-state index in [1.165, 1.54) is 7.11 Å². The molecule has 21 heavy (non-hydrogen) atoms. The normalized spacial score (nSPS) is 19.5. The van der Waals surface area contributed by atoms with Crippen LogP contribution in [0.1, 0.15) is 52.9 Å². The molecule has 5 nitrogen and oxygen atoms in total. The summed E-state index contributed by atoms with van der Waals surface area (Å²) in [6, 6.07) is 0.243. The Morgan fingerprint density at radius 2 is 2.00 bits per heavy atom. The molecule has 0 aromatic heterocycles. The Balaban J connectivity index is 2.24. The van der Waals surface area contributed by atoms with Crippen LogP contribution in [0, 0.1) is 0 Å². The van der Waals surface area contributed by atoms with Gasteiger partial charge in [0.1, 0.15) is 5.54 Å². The maximum absolute atomic E-state index is 12.0. The monoisotopic (exact) mass is 301 g/mol. The molecular formula is C16H31NO4. The molecule has 1 fully saturated rings. The van der Waals surface area contributed by atoms with Crippen molar-refractivity contribution in [2.45, 2.75) is 70.6 Å². The fraction of sp³-hybridized carbons (Fsp3) is 0.938. The van der Waals surface area contributed by atoms with Crippen molar-refractivity contribution in [3.8, 4) is 0 Å². The van der Waals surface area contributed by atoms with E-state index < -0.39 is 5.54 Å². The van der Waals surface area contributed by atoms with Gasteiger partial charge in [0.2, 0.25) is 0 Å². The van der Waals surface area contributed by atoms with Crippen molar-refractivity contribution in [2.24, 2.45) is 0 Å². The third-order valence-electron chi connectivity index (χ3n) is 3.84. The van der Waals surface area contributed by atoms with E-state index >= 15 is 0 Å². The second kappa shape index (κ2) is 9.38. The molecular weight excluding hydrogens is 270 g/mol. The van der Waals surface area contributed by atoms with Gasteiger partial charge in [-0.25, -0.2) is 0 Å². The average Bonchev–Trinajstić information content (AvgIpc) is 2.46. The van der Waals surface area contributed by atoms with Gasteiger partial charge in [-0.05, 0) is 52.9 Å². The smallest absolute Gasteiger partial charge is 0.325 e. The Kier molecular flexibility index (Phi) is 8.22. The number of ether oxygens (including phenoxy) is 3. The van der Waals surface area contributed by atoms with Crippen molar-refractivity contribution in [2.75, 3.05) is 26.9 Å². The molecule has 0 aliphatic carbocycles. The van der Waals surface area contributed by atoms with Crippen molar-refractivity contribution in [1.29, 1.82) is 0 Å². The predicted molar refractivity (Wildman–Crippen MR) is 82.3 cm³/mol. The Morgan fingerprint density at radius 3 is 2.57 bits per heavy atom. The maximum Gasteiger partial charge on any atom is 0.325 e. The van der Waals surface area contributed by atoms with Crippen molar-refractivity contribution in [3.05, 3.63) is 0 Å². The summed E-state index contributed by atoms with van der Waals surface area (Å²) in [5, 5.41) is 3.32. The molecule has 0 radical (unpaired) electrons. The summed E-state index contributed by atoms with van der Waals surface area (Å²) in [4.78, 5) is 12.0. The first kappa shape index (κ1) is 18.4. The SMILES string of the molecule is COC(=O)C(C)(CCCCOC1CCOCC1)NC(C)C. The highest BCUT2D eigenvalue weighted by Gasteiger charge is 2.34. The molecule has 0 aromatic rings. The predicted octanol–water partition coefficient (Wildman–Crippen LogP) is 2.28. The standard InChI is InChI=1S/C16H31NO4/c1-13(2)17-16(3,15(18)19-4)9-5-6-10-21-14-7-11-20-12-8-14/h13-14,17H,5-12H2,1-4H3. The number of hydrogen-bond acceptors (Lipinski definition) is 5. The highest BCUT2D eigenvalue weighted by Crippen LogP contribution is 2.18. The van der Waals surface area contributed by atoms with Gasteiger partial charge >= 0.3 is 5.97 Å². The lowest BCUT2D eigenvalue weighted by molar-refractivity contribution is -0.148. The molecule has 1 aliphatic rings. The zero-order valence-corrected chi connectivity index (χ0v) is 13.9. The van der Waals surface area contributed by atoms with E-state index in [-0.39, 0.29) is 12.0 Å². The topological polar surface area (TPSA) is 56.8 Å². The number of unbranched alkanes of at least 4 members (excludes halogenated alkanes) is 1. The quantitative estimate of drug-likeness (QED) is 0.523. The van der Waals surface area contributed by atoms with E-state index in [0.29, 0.717) is 6.10 Å². The van der Waals surface area contributed by atoms with Gasteiger partial charge < -0.3 is 14.2 Å². The zero-order valence-electron chi connectivity index (χ0n) is 13.9. The van der Waals surface area contributed by atoms with E-state index in [2.05, 4.69) is 5.32 Å². The molecule has 5 heteroatoms. The Labute approximate surface area is 128 Å². The molecule has 1 unspecified atom stereocenters. The largest absolute Gasteiger partial charge is 0.468 e. The molecule has 1 aliphatic heterocycles. The number of carbonyl (C=O) groups excluding carboxylic acids is 1. The minimum atomic E-state index is -0.610. The molecule has 124 valence electrons. The fourth-order valence-electron chi connectivity index (χ4n) is 2.77. The van der Waals surface area contributed by atoms with E-state index in [4.69, 9.17) is 14.2 Å². The molecule has 0 aromatic carbocycles. The second-order valence-electron chi connectivity index (χ2n) is 6.26. The van der Waals surface area contributed by atoms with E-state index in [1.54, 1.807) is 0 Å². The summed E-state index contributed by atoms with van der Waals surface area (Å²) in [6.45, 7) is 8.36. The number of esters is 1. The lowest BCUT2D eigenvalue weighted by Crippen LogP contribution is -2.52. The van der Waals surface area contributed by atoms with Gasteiger partial charge in [0.05, 0.1) is 13.2 Å². The molecule has 0 spiro atoms. The molecule has 0 bridgehead atoms. The first-order valence-corrected chi connectivity index (χ1v) is 8.03. The van der Waals surface area contributed by atoms with E-state index in [9.17, 15) is 4.79 Å². The number of carbonyl (C=O) groups is 1. The molecule has 0 saturated carbocycles. The Morgan fingerprint density at radius 1 is 1.33 bits per heavy atom. The number of hydrogen-bond donors (Lipinski definition) is 1. The van der Waals surface area contributed by atoms with Crippen LogP contribution in [0.3, 0.4) is 0 Å². The summed E-state index contributed by atoms with van der Waals surface area (Å²) in [7, 11) is 1.44. The Hall–Kier alpha value is -0.650. The summed E-state index contributed by atoms with van der Waals surface area (Å²) < 4.78 is 16.1. The summed E-state index contributed by atoms with van der Waals surface area (Å²) >= 11 is 0. The van der Waals surface area contributed by atoms with Gasteiger partial charge in [0, 0.05) is 25.9 Å². The minimum Gasteiger partial charge on any atom is -0.468 e. The van der Waals surface area contributed by atoms with Crippen molar-refractivity contribution < 1.29 is 19.0 Å². The van der Waals surface area contributed by atoms with Gasteiger partial charge in [0.15, 0.2) is 0 Å². The third kappa shape index (κ3) is 6.76. The van der Waals surface area contributed by atoms with Gasteiger partial charge in [-0.1, -0.05) is 0 Å². The van der Waals surface area contributed by atoms with Crippen LogP contribution in [-0.2, 0) is 19.0 Å². The van der Waals surface area contributed by atoms with Crippen molar-refractivity contribution in [1.82, 2.24) is 5.32 Å².